The zero-order chi connectivity index (χ0) is 17.2. The molecule has 2 saturated heterocycles. The molecule has 0 aliphatic carbocycles. The van der Waals surface area contributed by atoms with E-state index in [9.17, 15) is 9.59 Å². The number of nitrogens with zero attached hydrogens (tertiary/aromatic N) is 1. The summed E-state index contributed by atoms with van der Waals surface area (Å²) in [5.74, 6) is 0.429. The summed E-state index contributed by atoms with van der Waals surface area (Å²) in [6, 6.07) is 5.80. The van der Waals surface area contributed by atoms with E-state index in [1.165, 1.54) is 0 Å². The maximum atomic E-state index is 12.7. The largest absolute Gasteiger partial charge is 0.486 e. The molecule has 3 aliphatic rings. The van der Waals surface area contributed by atoms with E-state index in [0.717, 1.165) is 25.1 Å². The molecule has 0 spiro atoms. The molecular weight excluding hydrogens is 358 g/mol. The zero-order valence-corrected chi connectivity index (χ0v) is 15.3. The maximum Gasteiger partial charge on any atom is 0.239 e. The van der Waals surface area contributed by atoms with E-state index >= 15 is 0 Å². The van der Waals surface area contributed by atoms with Crippen molar-refractivity contribution in [2.45, 2.75) is 25.3 Å². The van der Waals surface area contributed by atoms with E-state index in [0.29, 0.717) is 50.3 Å². The first-order chi connectivity index (χ1) is 12.2. The van der Waals surface area contributed by atoms with Gasteiger partial charge in [-0.15, -0.1) is 12.4 Å². The highest BCUT2D eigenvalue weighted by atomic mass is 35.5. The average Bonchev–Trinajstić information content (AvgIpc) is 3.29. The molecule has 1 aromatic carbocycles. The molecule has 3 aliphatic heterocycles. The monoisotopic (exact) mass is 381 g/mol. The Kier molecular flexibility index (Phi) is 5.88. The third kappa shape index (κ3) is 3.73. The highest BCUT2D eigenvalue weighted by Crippen LogP contribution is 2.36. The van der Waals surface area contributed by atoms with Gasteiger partial charge >= 0.3 is 0 Å². The van der Waals surface area contributed by atoms with Gasteiger partial charge in [0.1, 0.15) is 19.1 Å². The molecule has 0 radical (unpaired) electrons. The molecule has 26 heavy (non-hydrogen) atoms. The van der Waals surface area contributed by atoms with Crippen molar-refractivity contribution >= 4 is 29.9 Å². The molecule has 0 bridgehead atoms. The number of ether oxygens (including phenoxy) is 2. The predicted octanol–water partition coefficient (Wildman–Crippen LogP) is 1.10. The Labute approximate surface area is 158 Å². The lowest BCUT2D eigenvalue weighted by molar-refractivity contribution is -0.132. The molecule has 2 unspecified atom stereocenters. The quantitative estimate of drug-likeness (QED) is 0.763. The van der Waals surface area contributed by atoms with Crippen molar-refractivity contribution in [1.29, 1.82) is 0 Å². The fraction of sp³-hybridized carbons (Fsp3) is 0.556. The van der Waals surface area contributed by atoms with Crippen molar-refractivity contribution in [2.24, 2.45) is 5.92 Å². The van der Waals surface area contributed by atoms with E-state index in [2.05, 4.69) is 10.6 Å². The smallest absolute Gasteiger partial charge is 0.239 e. The number of hydrogen-bond donors (Lipinski definition) is 2. The van der Waals surface area contributed by atoms with Crippen molar-refractivity contribution in [3.8, 4) is 11.5 Å². The second kappa shape index (κ2) is 8.14. The van der Waals surface area contributed by atoms with Crippen LogP contribution in [0.25, 0.3) is 0 Å². The normalized spacial score (nSPS) is 24.3. The third-order valence-corrected chi connectivity index (χ3v) is 5.04. The summed E-state index contributed by atoms with van der Waals surface area (Å²) in [7, 11) is 0. The molecule has 1 aromatic rings. The van der Waals surface area contributed by atoms with Crippen molar-refractivity contribution in [3.05, 3.63) is 18.2 Å². The van der Waals surface area contributed by atoms with Crippen molar-refractivity contribution < 1.29 is 19.1 Å². The summed E-state index contributed by atoms with van der Waals surface area (Å²) in [6.07, 6.45) is 2.75. The summed E-state index contributed by atoms with van der Waals surface area (Å²) < 4.78 is 11.1. The minimum atomic E-state index is -0.602. The van der Waals surface area contributed by atoms with Crippen LogP contribution in [0.15, 0.2) is 18.2 Å². The fourth-order valence-corrected chi connectivity index (χ4v) is 3.66. The van der Waals surface area contributed by atoms with Gasteiger partial charge in [-0.05, 0) is 37.9 Å². The summed E-state index contributed by atoms with van der Waals surface area (Å²) in [6.45, 7) is 3.17. The first-order valence-electron chi connectivity index (χ1n) is 8.94. The Hall–Kier alpha value is -1.99. The highest BCUT2D eigenvalue weighted by molar-refractivity contribution is 6.09. The van der Waals surface area contributed by atoms with E-state index in [1.54, 1.807) is 4.90 Å². The fourth-order valence-electron chi connectivity index (χ4n) is 3.66. The van der Waals surface area contributed by atoms with Crippen molar-refractivity contribution in [1.82, 2.24) is 10.6 Å². The van der Waals surface area contributed by atoms with Crippen LogP contribution in [0.4, 0.5) is 5.69 Å². The highest BCUT2D eigenvalue weighted by Gasteiger charge is 2.38. The maximum absolute atomic E-state index is 12.7. The van der Waals surface area contributed by atoms with Crippen LogP contribution in [0.2, 0.25) is 0 Å². The molecule has 2 atom stereocenters. The molecule has 3 heterocycles. The number of carbonyl (C=O) groups is 2. The molecule has 0 aromatic heterocycles. The number of anilines is 1. The Morgan fingerprint density at radius 3 is 2.81 bits per heavy atom. The van der Waals surface area contributed by atoms with Crippen LogP contribution in [0, 0.1) is 5.92 Å². The minimum absolute atomic E-state index is 0. The Morgan fingerprint density at radius 2 is 2.04 bits per heavy atom. The molecule has 0 saturated carbocycles. The van der Waals surface area contributed by atoms with E-state index in [4.69, 9.17) is 9.47 Å². The second-order valence-electron chi connectivity index (χ2n) is 6.70. The standard InChI is InChI=1S/C18H23N3O4.ClH/c22-17(20-11-12-2-1-6-19-12)14-5-7-21(18(14)23)13-3-4-15-16(10-13)25-9-8-24-15;/h3-4,10,12,14,19H,1-2,5-9,11H2,(H,20,22);1H. The topological polar surface area (TPSA) is 79.9 Å². The van der Waals surface area contributed by atoms with Gasteiger partial charge in [0.15, 0.2) is 11.5 Å². The predicted molar refractivity (Wildman–Crippen MR) is 99.2 cm³/mol. The van der Waals surface area contributed by atoms with Crippen LogP contribution in [0.1, 0.15) is 19.3 Å². The number of amides is 2. The van der Waals surface area contributed by atoms with Gasteiger partial charge in [-0.2, -0.15) is 0 Å². The Morgan fingerprint density at radius 1 is 1.23 bits per heavy atom. The number of fused-ring (bicyclic) bond motifs is 1. The average molecular weight is 382 g/mol. The molecule has 2 N–H and O–H groups in total. The number of halogens is 1. The molecule has 2 amide bonds. The van der Waals surface area contributed by atoms with Crippen LogP contribution in [-0.2, 0) is 9.59 Å². The van der Waals surface area contributed by atoms with Gasteiger partial charge in [0.25, 0.3) is 0 Å². The number of benzene rings is 1. The summed E-state index contributed by atoms with van der Waals surface area (Å²) in [5, 5.41) is 6.27. The van der Waals surface area contributed by atoms with E-state index in [-0.39, 0.29) is 24.2 Å². The SMILES string of the molecule is Cl.O=C(NCC1CCCN1)C1CCN(c2ccc3c(c2)OCCO3)C1=O. The van der Waals surface area contributed by atoms with Gasteiger partial charge in [-0.1, -0.05) is 0 Å². The van der Waals surface area contributed by atoms with Crippen LogP contribution in [0.5, 0.6) is 11.5 Å². The number of carbonyl (C=O) groups excluding carboxylic acids is 2. The van der Waals surface area contributed by atoms with E-state index in [1.807, 2.05) is 18.2 Å². The zero-order valence-electron chi connectivity index (χ0n) is 14.5. The number of hydrogen-bond acceptors (Lipinski definition) is 5. The minimum Gasteiger partial charge on any atom is -0.486 e. The van der Waals surface area contributed by atoms with Gasteiger partial charge in [0.2, 0.25) is 11.8 Å². The van der Waals surface area contributed by atoms with Gasteiger partial charge in [0, 0.05) is 30.9 Å². The first kappa shape index (κ1) is 18.8. The van der Waals surface area contributed by atoms with Crippen molar-refractivity contribution in [2.75, 3.05) is 37.7 Å². The summed E-state index contributed by atoms with van der Waals surface area (Å²) in [5.41, 5.74) is 0.752. The van der Waals surface area contributed by atoms with Gasteiger partial charge in [-0.3, -0.25) is 9.59 Å². The first-order valence-corrected chi connectivity index (χ1v) is 8.94. The van der Waals surface area contributed by atoms with Crippen LogP contribution in [0.3, 0.4) is 0 Å². The lowest BCUT2D eigenvalue weighted by atomic mass is 10.1. The number of nitrogens with one attached hydrogen (secondary N) is 2. The lowest BCUT2D eigenvalue weighted by Gasteiger charge is -2.22. The summed E-state index contributed by atoms with van der Waals surface area (Å²) in [4.78, 5) is 26.7. The van der Waals surface area contributed by atoms with Crippen molar-refractivity contribution in [3.63, 3.8) is 0 Å². The molecule has 8 heteroatoms. The van der Waals surface area contributed by atoms with Crippen LogP contribution < -0.4 is 25.0 Å². The molecular formula is C18H24ClN3O4. The third-order valence-electron chi connectivity index (χ3n) is 5.04. The Balaban J connectivity index is 0.00000196. The van der Waals surface area contributed by atoms with Crippen LogP contribution in [-0.4, -0.2) is 50.7 Å². The second-order valence-corrected chi connectivity index (χ2v) is 6.70. The van der Waals surface area contributed by atoms with Gasteiger partial charge in [0.05, 0.1) is 0 Å². The van der Waals surface area contributed by atoms with E-state index < -0.39 is 5.92 Å². The number of rotatable bonds is 4. The van der Waals surface area contributed by atoms with Gasteiger partial charge < -0.3 is 25.0 Å². The summed E-state index contributed by atoms with van der Waals surface area (Å²) >= 11 is 0. The molecule has 142 valence electrons. The lowest BCUT2D eigenvalue weighted by Crippen LogP contribution is -2.42. The Bertz CT molecular complexity index is 678. The van der Waals surface area contributed by atoms with Gasteiger partial charge in [-0.25, -0.2) is 0 Å². The van der Waals surface area contributed by atoms with Crippen LogP contribution >= 0.6 is 12.4 Å². The molecule has 2 fully saturated rings. The molecule has 7 nitrogen and oxygen atoms in total. The molecule has 4 rings (SSSR count).